The lowest BCUT2D eigenvalue weighted by Gasteiger charge is -2.21. The molecule has 0 aliphatic rings. The highest BCUT2D eigenvalue weighted by Gasteiger charge is 2.27. The summed E-state index contributed by atoms with van der Waals surface area (Å²) in [5, 5.41) is 13.2. The van der Waals surface area contributed by atoms with Gasteiger partial charge in [-0.3, -0.25) is 19.2 Å². The van der Waals surface area contributed by atoms with Crippen LogP contribution >= 0.6 is 0 Å². The zero-order chi connectivity index (χ0) is 18.3. The summed E-state index contributed by atoms with van der Waals surface area (Å²) in [5.74, 6) is -4.29. The predicted octanol–water partition coefficient (Wildman–Crippen LogP) is -0.682. The summed E-state index contributed by atoms with van der Waals surface area (Å²) >= 11 is 0. The fourth-order valence-corrected chi connectivity index (χ4v) is 2.01. The van der Waals surface area contributed by atoms with Gasteiger partial charge >= 0.3 is 5.97 Å². The highest BCUT2D eigenvalue weighted by atomic mass is 19.1. The third-order valence-electron chi connectivity index (χ3n) is 3.11. The van der Waals surface area contributed by atoms with E-state index in [1.54, 1.807) is 6.07 Å². The Bertz CT molecular complexity index is 650. The third-order valence-corrected chi connectivity index (χ3v) is 3.11. The average molecular weight is 339 g/mol. The summed E-state index contributed by atoms with van der Waals surface area (Å²) in [7, 11) is 0. The van der Waals surface area contributed by atoms with Crippen LogP contribution in [0.2, 0.25) is 0 Å². The second kappa shape index (κ2) is 8.61. The Morgan fingerprint density at radius 2 is 1.79 bits per heavy atom. The molecule has 1 aromatic rings. The van der Waals surface area contributed by atoms with Crippen molar-refractivity contribution in [1.29, 1.82) is 0 Å². The van der Waals surface area contributed by atoms with E-state index in [-0.39, 0.29) is 12.0 Å². The number of carbonyl (C=O) groups is 4. The molecule has 1 rings (SSSR count). The first-order valence-corrected chi connectivity index (χ1v) is 7.02. The monoisotopic (exact) mass is 339 g/mol. The smallest absolute Gasteiger partial charge is 0.305 e. The Balaban J connectivity index is 2.92. The lowest BCUT2D eigenvalue weighted by molar-refractivity contribution is -0.140. The van der Waals surface area contributed by atoms with Crippen LogP contribution in [0.25, 0.3) is 0 Å². The first-order valence-electron chi connectivity index (χ1n) is 7.02. The van der Waals surface area contributed by atoms with Gasteiger partial charge in [0.1, 0.15) is 17.9 Å². The van der Waals surface area contributed by atoms with Gasteiger partial charge in [-0.25, -0.2) is 4.39 Å². The topological polar surface area (TPSA) is 139 Å². The van der Waals surface area contributed by atoms with Gasteiger partial charge in [-0.15, -0.1) is 0 Å². The molecule has 0 radical (unpaired) electrons. The van der Waals surface area contributed by atoms with Crippen molar-refractivity contribution in [3.63, 3.8) is 0 Å². The Hall–Kier alpha value is -2.97. The second-order valence-electron chi connectivity index (χ2n) is 5.11. The Labute approximate surface area is 137 Å². The average Bonchev–Trinajstić information content (AvgIpc) is 2.47. The lowest BCUT2D eigenvalue weighted by atomic mass is 10.0. The van der Waals surface area contributed by atoms with Crippen molar-refractivity contribution in [3.05, 3.63) is 35.6 Å². The van der Waals surface area contributed by atoms with Crippen molar-refractivity contribution in [2.75, 3.05) is 0 Å². The van der Waals surface area contributed by atoms with Gasteiger partial charge in [-0.05, 0) is 11.6 Å². The first kappa shape index (κ1) is 19.1. The van der Waals surface area contributed by atoms with Gasteiger partial charge in [0.25, 0.3) is 0 Å². The van der Waals surface area contributed by atoms with E-state index in [1.165, 1.54) is 25.1 Å². The molecule has 24 heavy (non-hydrogen) atoms. The molecule has 0 saturated heterocycles. The summed E-state index contributed by atoms with van der Waals surface area (Å²) in [6, 6.07) is 3.07. The molecule has 0 aliphatic carbocycles. The van der Waals surface area contributed by atoms with Gasteiger partial charge in [-0.1, -0.05) is 18.2 Å². The highest BCUT2D eigenvalue weighted by Crippen LogP contribution is 2.10. The van der Waals surface area contributed by atoms with E-state index in [0.717, 1.165) is 0 Å². The zero-order valence-electron chi connectivity index (χ0n) is 12.9. The number of aliphatic carboxylic acids is 1. The molecule has 0 saturated carbocycles. The number of halogens is 1. The summed E-state index contributed by atoms with van der Waals surface area (Å²) < 4.78 is 13.7. The van der Waals surface area contributed by atoms with Gasteiger partial charge in [0.15, 0.2) is 0 Å². The number of carboxylic acids is 1. The maximum Gasteiger partial charge on any atom is 0.305 e. The molecular formula is C15H18FN3O5. The number of benzene rings is 1. The van der Waals surface area contributed by atoms with E-state index in [0.29, 0.717) is 0 Å². The number of rotatable bonds is 8. The largest absolute Gasteiger partial charge is 0.481 e. The fraction of sp³-hybridized carbons (Fsp3) is 0.333. The van der Waals surface area contributed by atoms with E-state index in [2.05, 4.69) is 10.6 Å². The number of nitrogens with one attached hydrogen (secondary N) is 2. The summed E-state index contributed by atoms with van der Waals surface area (Å²) in [4.78, 5) is 45.4. The quantitative estimate of drug-likeness (QED) is 0.497. The van der Waals surface area contributed by atoms with Crippen LogP contribution < -0.4 is 16.4 Å². The second-order valence-corrected chi connectivity index (χ2v) is 5.11. The van der Waals surface area contributed by atoms with E-state index in [9.17, 15) is 23.6 Å². The number of amides is 3. The van der Waals surface area contributed by atoms with Crippen molar-refractivity contribution in [2.24, 2.45) is 5.73 Å². The van der Waals surface area contributed by atoms with Crippen molar-refractivity contribution in [1.82, 2.24) is 10.6 Å². The molecule has 5 N–H and O–H groups in total. The predicted molar refractivity (Wildman–Crippen MR) is 81.1 cm³/mol. The molecule has 0 unspecified atom stereocenters. The minimum atomic E-state index is -1.44. The molecule has 9 heteroatoms. The molecule has 2 atom stereocenters. The number of primary amides is 1. The van der Waals surface area contributed by atoms with Crippen LogP contribution in [-0.4, -0.2) is 40.9 Å². The minimum Gasteiger partial charge on any atom is -0.481 e. The van der Waals surface area contributed by atoms with E-state index in [4.69, 9.17) is 10.8 Å². The molecule has 0 aliphatic heterocycles. The molecule has 8 nitrogen and oxygen atoms in total. The van der Waals surface area contributed by atoms with Crippen molar-refractivity contribution in [3.8, 4) is 0 Å². The molecule has 0 bridgehead atoms. The number of hydrogen-bond acceptors (Lipinski definition) is 4. The van der Waals surface area contributed by atoms with Gasteiger partial charge in [0.05, 0.1) is 6.42 Å². The normalized spacial score (nSPS) is 12.8. The Morgan fingerprint density at radius 1 is 1.17 bits per heavy atom. The number of hydrogen-bond donors (Lipinski definition) is 4. The number of nitrogens with two attached hydrogens (primary N) is 1. The molecular weight excluding hydrogens is 321 g/mol. The number of carbonyl (C=O) groups excluding carboxylic acids is 3. The molecule has 3 amide bonds. The van der Waals surface area contributed by atoms with Gasteiger partial charge in [0, 0.05) is 13.3 Å². The van der Waals surface area contributed by atoms with Crippen LogP contribution in [0.3, 0.4) is 0 Å². The molecule has 0 spiro atoms. The van der Waals surface area contributed by atoms with Gasteiger partial charge < -0.3 is 21.5 Å². The SMILES string of the molecule is CC(=O)N[C@@H](Cc1ccccc1F)C(=O)N[C@@H](CC(=O)O)C(N)=O. The maximum atomic E-state index is 13.7. The Kier molecular flexibility index (Phi) is 6.84. The van der Waals surface area contributed by atoms with Crippen LogP contribution in [0.5, 0.6) is 0 Å². The minimum absolute atomic E-state index is 0.170. The molecule has 0 heterocycles. The molecule has 0 aromatic heterocycles. The summed E-state index contributed by atoms with van der Waals surface area (Å²) in [5.41, 5.74) is 5.23. The molecule has 130 valence electrons. The lowest BCUT2D eigenvalue weighted by Crippen LogP contribution is -2.54. The molecule has 1 aromatic carbocycles. The van der Waals surface area contributed by atoms with Crippen molar-refractivity contribution in [2.45, 2.75) is 31.8 Å². The fourth-order valence-electron chi connectivity index (χ4n) is 2.01. The number of carboxylic acid groups (broad SMARTS) is 1. The van der Waals surface area contributed by atoms with Crippen LogP contribution in [0.1, 0.15) is 18.9 Å². The van der Waals surface area contributed by atoms with E-state index >= 15 is 0 Å². The van der Waals surface area contributed by atoms with Gasteiger partial charge in [0.2, 0.25) is 17.7 Å². The van der Waals surface area contributed by atoms with Crippen molar-refractivity contribution >= 4 is 23.7 Å². The Morgan fingerprint density at radius 3 is 2.29 bits per heavy atom. The van der Waals surface area contributed by atoms with Crippen LogP contribution in [0.15, 0.2) is 24.3 Å². The standard InChI is InChI=1S/C15H18FN3O5/c1-8(20)18-12(6-9-4-2-3-5-10(9)16)15(24)19-11(14(17)23)7-13(21)22/h2-5,11-12H,6-7H2,1H3,(H2,17,23)(H,18,20)(H,19,24)(H,21,22)/t11-,12-/m0/s1. The van der Waals surface area contributed by atoms with E-state index in [1.807, 2.05) is 0 Å². The summed E-state index contributed by atoms with van der Waals surface area (Å²) in [6.45, 7) is 1.17. The van der Waals surface area contributed by atoms with E-state index < -0.39 is 48.0 Å². The zero-order valence-corrected chi connectivity index (χ0v) is 12.9. The van der Waals surface area contributed by atoms with Crippen LogP contribution in [-0.2, 0) is 25.6 Å². The van der Waals surface area contributed by atoms with Crippen molar-refractivity contribution < 1.29 is 28.7 Å². The summed E-state index contributed by atoms with van der Waals surface area (Å²) in [6.07, 6.45) is -0.871. The highest BCUT2D eigenvalue weighted by molar-refractivity contribution is 5.93. The van der Waals surface area contributed by atoms with Gasteiger partial charge in [-0.2, -0.15) is 0 Å². The third kappa shape index (κ3) is 6.03. The maximum absolute atomic E-state index is 13.7. The molecule has 0 fully saturated rings. The first-order chi connectivity index (χ1) is 11.2. The van der Waals surface area contributed by atoms with Crippen LogP contribution in [0.4, 0.5) is 4.39 Å². The van der Waals surface area contributed by atoms with Crippen LogP contribution in [0, 0.1) is 5.82 Å².